The zero-order valence-corrected chi connectivity index (χ0v) is 19.3. The van der Waals surface area contributed by atoms with Gasteiger partial charge in [0.15, 0.2) is 5.78 Å². The van der Waals surface area contributed by atoms with Crippen molar-refractivity contribution in [1.82, 2.24) is 4.72 Å². The zero-order valence-electron chi connectivity index (χ0n) is 18.5. The minimum Gasteiger partial charge on any atom is -0.322 e. The zero-order chi connectivity index (χ0) is 23.5. The molecule has 0 aliphatic carbocycles. The molecule has 6 nitrogen and oxygen atoms in total. The number of rotatable bonds is 6. The predicted octanol–water partition coefficient (Wildman–Crippen LogP) is 4.38. The van der Waals surface area contributed by atoms with Crippen molar-refractivity contribution in [3.05, 3.63) is 95.1 Å². The molecular weight excluding hydrogens is 424 g/mol. The lowest BCUT2D eigenvalue weighted by atomic mass is 9.86. The van der Waals surface area contributed by atoms with Gasteiger partial charge in [-0.25, -0.2) is 13.1 Å². The molecule has 0 saturated heterocycles. The second kappa shape index (κ2) is 9.06. The van der Waals surface area contributed by atoms with Gasteiger partial charge in [0, 0.05) is 22.4 Å². The minimum atomic E-state index is -3.66. The molecule has 0 aliphatic heterocycles. The van der Waals surface area contributed by atoms with Crippen molar-refractivity contribution in [3.63, 3.8) is 0 Å². The Bertz CT molecular complexity index is 1260. The van der Waals surface area contributed by atoms with Gasteiger partial charge in [-0.05, 0) is 48.4 Å². The van der Waals surface area contributed by atoms with Crippen molar-refractivity contribution in [2.75, 3.05) is 12.4 Å². The molecule has 0 fully saturated rings. The molecule has 0 aliphatic rings. The molecule has 1 amide bonds. The molecular formula is C25H26N2O4S. The van der Waals surface area contributed by atoms with Gasteiger partial charge in [0.25, 0.3) is 5.91 Å². The standard InChI is InChI=1S/C25H26N2O4S/c1-25(2,3)20-13-11-17(12-14-20)23(28)18-7-5-9-21(15-18)27-24(29)19-8-6-10-22(16-19)32(30,31)26-4/h5-16,26H,1-4H3,(H,27,29). The highest BCUT2D eigenvalue weighted by molar-refractivity contribution is 7.89. The van der Waals surface area contributed by atoms with E-state index < -0.39 is 15.9 Å². The van der Waals surface area contributed by atoms with E-state index in [1.807, 2.05) is 24.3 Å². The SMILES string of the molecule is CNS(=O)(=O)c1cccc(C(=O)Nc2cccc(C(=O)c3ccc(C(C)(C)C)cc3)c2)c1. The Morgan fingerprint density at radius 1 is 0.781 bits per heavy atom. The predicted molar refractivity (Wildman–Crippen MR) is 126 cm³/mol. The van der Waals surface area contributed by atoms with Gasteiger partial charge in [-0.1, -0.05) is 63.2 Å². The van der Waals surface area contributed by atoms with Crippen LogP contribution < -0.4 is 10.0 Å². The first-order valence-electron chi connectivity index (χ1n) is 10.1. The summed E-state index contributed by atoms with van der Waals surface area (Å²) in [6.45, 7) is 6.33. The molecule has 0 bridgehead atoms. The summed E-state index contributed by atoms with van der Waals surface area (Å²) < 4.78 is 26.2. The van der Waals surface area contributed by atoms with Crippen LogP contribution >= 0.6 is 0 Å². The van der Waals surface area contributed by atoms with E-state index in [1.54, 1.807) is 24.3 Å². The summed E-state index contributed by atoms with van der Waals surface area (Å²) in [4.78, 5) is 25.6. The van der Waals surface area contributed by atoms with Crippen molar-refractivity contribution in [2.24, 2.45) is 0 Å². The molecule has 0 heterocycles. The topological polar surface area (TPSA) is 92.3 Å². The highest BCUT2D eigenvalue weighted by atomic mass is 32.2. The number of anilines is 1. The summed E-state index contributed by atoms with van der Waals surface area (Å²) in [5.41, 5.74) is 2.77. The van der Waals surface area contributed by atoms with Gasteiger partial charge in [0.1, 0.15) is 0 Å². The highest BCUT2D eigenvalue weighted by Crippen LogP contribution is 2.23. The Labute approximate surface area is 188 Å². The van der Waals surface area contributed by atoms with Crippen LogP contribution in [0.3, 0.4) is 0 Å². The van der Waals surface area contributed by atoms with Gasteiger partial charge in [0.05, 0.1) is 4.90 Å². The summed E-state index contributed by atoms with van der Waals surface area (Å²) in [5.74, 6) is -0.624. The van der Waals surface area contributed by atoms with Crippen molar-refractivity contribution in [3.8, 4) is 0 Å². The third-order valence-corrected chi connectivity index (χ3v) is 6.48. The summed E-state index contributed by atoms with van der Waals surface area (Å²) in [7, 11) is -2.36. The third-order valence-electron chi connectivity index (χ3n) is 5.07. The fraction of sp³-hybridized carbons (Fsp3) is 0.200. The summed E-state index contributed by atoms with van der Waals surface area (Å²) in [5, 5.41) is 2.72. The fourth-order valence-corrected chi connectivity index (χ4v) is 3.93. The third kappa shape index (κ3) is 5.30. The maximum atomic E-state index is 12.9. The first-order valence-corrected chi connectivity index (χ1v) is 11.6. The van der Waals surface area contributed by atoms with Crippen molar-refractivity contribution < 1.29 is 18.0 Å². The lowest BCUT2D eigenvalue weighted by molar-refractivity contribution is 0.102. The van der Waals surface area contributed by atoms with Gasteiger partial charge in [-0.2, -0.15) is 0 Å². The van der Waals surface area contributed by atoms with E-state index in [-0.39, 0.29) is 21.7 Å². The van der Waals surface area contributed by atoms with Gasteiger partial charge in [0.2, 0.25) is 10.0 Å². The number of benzene rings is 3. The number of nitrogens with one attached hydrogen (secondary N) is 2. The molecule has 7 heteroatoms. The largest absolute Gasteiger partial charge is 0.322 e. The second-order valence-corrected chi connectivity index (χ2v) is 10.3. The van der Waals surface area contributed by atoms with Crippen molar-refractivity contribution >= 4 is 27.4 Å². The normalized spacial score (nSPS) is 11.8. The van der Waals surface area contributed by atoms with Crippen LogP contribution in [0.1, 0.15) is 52.6 Å². The smallest absolute Gasteiger partial charge is 0.255 e. The number of hydrogen-bond acceptors (Lipinski definition) is 4. The van der Waals surface area contributed by atoms with Crippen LogP contribution in [0.2, 0.25) is 0 Å². The van der Waals surface area contributed by atoms with Crippen LogP contribution in [-0.2, 0) is 15.4 Å². The van der Waals surface area contributed by atoms with E-state index in [0.717, 1.165) is 5.56 Å². The number of ketones is 1. The van der Waals surface area contributed by atoms with E-state index in [0.29, 0.717) is 16.8 Å². The van der Waals surface area contributed by atoms with Crippen LogP contribution in [0.5, 0.6) is 0 Å². The minimum absolute atomic E-state index is 0.00436. The Hall–Kier alpha value is -3.29. The molecule has 0 atom stereocenters. The lowest BCUT2D eigenvalue weighted by Crippen LogP contribution is -2.19. The molecule has 3 aromatic rings. The van der Waals surface area contributed by atoms with Crippen LogP contribution in [0.25, 0.3) is 0 Å². The van der Waals surface area contributed by atoms with Crippen LogP contribution in [-0.4, -0.2) is 27.2 Å². The van der Waals surface area contributed by atoms with Crippen LogP contribution in [0.15, 0.2) is 77.7 Å². The molecule has 0 radical (unpaired) electrons. The van der Waals surface area contributed by atoms with Gasteiger partial charge < -0.3 is 5.32 Å². The first-order chi connectivity index (χ1) is 15.0. The Morgan fingerprint density at radius 3 is 2.03 bits per heavy atom. The van der Waals surface area contributed by atoms with Gasteiger partial charge in [-0.15, -0.1) is 0 Å². The fourth-order valence-electron chi connectivity index (χ4n) is 3.15. The molecule has 0 aromatic heterocycles. The molecule has 2 N–H and O–H groups in total. The molecule has 3 rings (SSSR count). The van der Waals surface area contributed by atoms with Gasteiger partial charge in [-0.3, -0.25) is 9.59 Å². The highest BCUT2D eigenvalue weighted by Gasteiger charge is 2.17. The second-order valence-electron chi connectivity index (χ2n) is 8.43. The number of sulfonamides is 1. The number of hydrogen-bond donors (Lipinski definition) is 2. The monoisotopic (exact) mass is 450 g/mol. The molecule has 0 spiro atoms. The van der Waals surface area contributed by atoms with E-state index in [9.17, 15) is 18.0 Å². The van der Waals surface area contributed by atoms with E-state index in [2.05, 4.69) is 30.8 Å². The molecule has 0 unspecified atom stereocenters. The van der Waals surface area contributed by atoms with E-state index in [4.69, 9.17) is 0 Å². The maximum Gasteiger partial charge on any atom is 0.255 e. The van der Waals surface area contributed by atoms with Crippen molar-refractivity contribution in [2.45, 2.75) is 31.1 Å². The lowest BCUT2D eigenvalue weighted by Gasteiger charge is -2.19. The molecule has 3 aromatic carbocycles. The Morgan fingerprint density at radius 2 is 1.41 bits per heavy atom. The Balaban J connectivity index is 1.80. The maximum absolute atomic E-state index is 12.9. The first kappa shape index (κ1) is 23.4. The summed E-state index contributed by atoms with van der Waals surface area (Å²) >= 11 is 0. The summed E-state index contributed by atoms with van der Waals surface area (Å²) in [6, 6.07) is 19.9. The molecule has 32 heavy (non-hydrogen) atoms. The number of amides is 1. The average molecular weight is 451 g/mol. The van der Waals surface area contributed by atoms with Crippen LogP contribution in [0, 0.1) is 0 Å². The van der Waals surface area contributed by atoms with Crippen LogP contribution in [0.4, 0.5) is 5.69 Å². The van der Waals surface area contributed by atoms with Crippen molar-refractivity contribution in [1.29, 1.82) is 0 Å². The van der Waals surface area contributed by atoms with Gasteiger partial charge >= 0.3 is 0 Å². The number of carbonyl (C=O) groups excluding carboxylic acids is 2. The quantitative estimate of drug-likeness (QED) is 0.545. The van der Waals surface area contributed by atoms with E-state index in [1.165, 1.54) is 31.3 Å². The Kier molecular flexibility index (Phi) is 6.62. The van der Waals surface area contributed by atoms with E-state index >= 15 is 0 Å². The summed E-state index contributed by atoms with van der Waals surface area (Å²) in [6.07, 6.45) is 0. The molecule has 166 valence electrons. The molecule has 0 saturated carbocycles. The average Bonchev–Trinajstić information content (AvgIpc) is 2.78. The number of carbonyl (C=O) groups is 2.